The van der Waals surface area contributed by atoms with E-state index in [1.54, 1.807) is 6.92 Å². The Kier molecular flexibility index (Phi) is 6.85. The van der Waals surface area contributed by atoms with E-state index < -0.39 is 28.2 Å². The summed E-state index contributed by atoms with van der Waals surface area (Å²) in [6, 6.07) is 4.07. The van der Waals surface area contributed by atoms with Crippen LogP contribution in [0.2, 0.25) is 5.02 Å². The number of carbonyl (C=O) groups excluding carboxylic acids is 1. The van der Waals surface area contributed by atoms with Crippen molar-refractivity contribution in [3.8, 4) is 0 Å². The SMILES string of the molecule is CC(CN(C1CCCCNC1=O)S(=O)(=O)c1ccc(Cl)cc1)NC(=O)O. The van der Waals surface area contributed by atoms with E-state index in [2.05, 4.69) is 10.6 Å². The topological polar surface area (TPSA) is 116 Å². The Hall–Kier alpha value is -1.84. The Morgan fingerprint density at radius 1 is 1.38 bits per heavy atom. The molecule has 1 saturated heterocycles. The monoisotopic (exact) mass is 403 g/mol. The van der Waals surface area contributed by atoms with Gasteiger partial charge in [0.15, 0.2) is 0 Å². The Morgan fingerprint density at radius 2 is 2.04 bits per heavy atom. The van der Waals surface area contributed by atoms with Crippen molar-refractivity contribution in [3.63, 3.8) is 0 Å². The van der Waals surface area contributed by atoms with E-state index in [0.717, 1.165) is 10.7 Å². The summed E-state index contributed by atoms with van der Waals surface area (Å²) in [5, 5.41) is 14.2. The molecule has 1 fully saturated rings. The highest BCUT2D eigenvalue weighted by atomic mass is 35.5. The predicted molar refractivity (Wildman–Crippen MR) is 96.6 cm³/mol. The van der Waals surface area contributed by atoms with Crippen molar-refractivity contribution >= 4 is 33.6 Å². The average molecular weight is 404 g/mol. The van der Waals surface area contributed by atoms with E-state index in [0.29, 0.717) is 24.4 Å². The van der Waals surface area contributed by atoms with Gasteiger partial charge in [0.25, 0.3) is 0 Å². The first-order chi connectivity index (χ1) is 12.2. The summed E-state index contributed by atoms with van der Waals surface area (Å²) in [4.78, 5) is 23.3. The first kappa shape index (κ1) is 20.5. The highest BCUT2D eigenvalue weighted by molar-refractivity contribution is 7.89. The Bertz CT molecular complexity index is 754. The molecule has 0 radical (unpaired) electrons. The van der Waals surface area contributed by atoms with Crippen LogP contribution in [0.15, 0.2) is 29.2 Å². The quantitative estimate of drug-likeness (QED) is 0.668. The minimum absolute atomic E-state index is 0.00136. The fourth-order valence-electron chi connectivity index (χ4n) is 2.86. The molecule has 0 aromatic heterocycles. The first-order valence-electron chi connectivity index (χ1n) is 8.26. The molecule has 2 rings (SSSR count). The molecule has 0 saturated carbocycles. The summed E-state index contributed by atoms with van der Waals surface area (Å²) in [7, 11) is -4.02. The summed E-state index contributed by atoms with van der Waals surface area (Å²) < 4.78 is 27.4. The van der Waals surface area contributed by atoms with Crippen LogP contribution in [0.3, 0.4) is 0 Å². The molecule has 1 aromatic carbocycles. The highest BCUT2D eigenvalue weighted by Gasteiger charge is 2.37. The zero-order valence-electron chi connectivity index (χ0n) is 14.3. The molecule has 0 spiro atoms. The van der Waals surface area contributed by atoms with Crippen molar-refractivity contribution in [1.82, 2.24) is 14.9 Å². The fraction of sp³-hybridized carbons (Fsp3) is 0.500. The van der Waals surface area contributed by atoms with Crippen LogP contribution in [0, 0.1) is 0 Å². The largest absolute Gasteiger partial charge is 0.465 e. The molecule has 2 unspecified atom stereocenters. The number of rotatable bonds is 6. The van der Waals surface area contributed by atoms with E-state index in [9.17, 15) is 18.0 Å². The lowest BCUT2D eigenvalue weighted by Crippen LogP contribution is -2.53. The third-order valence-electron chi connectivity index (χ3n) is 4.10. The third kappa shape index (κ3) is 5.09. The fourth-order valence-corrected chi connectivity index (χ4v) is 4.69. The number of halogens is 1. The number of benzene rings is 1. The second-order valence-corrected chi connectivity index (χ2v) is 8.51. The minimum Gasteiger partial charge on any atom is -0.465 e. The predicted octanol–water partition coefficient (Wildman–Crippen LogP) is 1.66. The van der Waals surface area contributed by atoms with Gasteiger partial charge in [-0.15, -0.1) is 0 Å². The number of carbonyl (C=O) groups is 2. The second-order valence-electron chi connectivity index (χ2n) is 6.18. The van der Waals surface area contributed by atoms with E-state index in [4.69, 9.17) is 16.7 Å². The third-order valence-corrected chi connectivity index (χ3v) is 6.24. The molecule has 1 aliphatic rings. The van der Waals surface area contributed by atoms with Gasteiger partial charge < -0.3 is 15.7 Å². The number of sulfonamides is 1. The van der Waals surface area contributed by atoms with Gasteiger partial charge >= 0.3 is 6.09 Å². The van der Waals surface area contributed by atoms with Crippen LogP contribution in [-0.2, 0) is 14.8 Å². The molecular weight excluding hydrogens is 382 g/mol. The van der Waals surface area contributed by atoms with Crippen LogP contribution in [-0.4, -0.2) is 55.0 Å². The molecule has 1 aromatic rings. The Balaban J connectivity index is 2.39. The molecule has 10 heteroatoms. The molecule has 2 amide bonds. The lowest BCUT2D eigenvalue weighted by molar-refractivity contribution is -0.124. The van der Waals surface area contributed by atoms with Gasteiger partial charge in [-0.05, 0) is 50.5 Å². The molecule has 8 nitrogen and oxygen atoms in total. The van der Waals surface area contributed by atoms with Gasteiger partial charge in [-0.1, -0.05) is 11.6 Å². The number of amides is 2. The van der Waals surface area contributed by atoms with E-state index in [-0.39, 0.29) is 17.3 Å². The number of carboxylic acid groups (broad SMARTS) is 1. The number of hydrogen-bond acceptors (Lipinski definition) is 4. The van der Waals surface area contributed by atoms with Crippen molar-refractivity contribution in [1.29, 1.82) is 0 Å². The van der Waals surface area contributed by atoms with Crippen LogP contribution >= 0.6 is 11.6 Å². The van der Waals surface area contributed by atoms with Gasteiger partial charge in [-0.2, -0.15) is 4.31 Å². The molecule has 1 aliphatic heterocycles. The van der Waals surface area contributed by atoms with Crippen LogP contribution in [0.25, 0.3) is 0 Å². The summed E-state index contributed by atoms with van der Waals surface area (Å²) in [6.45, 7) is 1.88. The van der Waals surface area contributed by atoms with Crippen molar-refractivity contribution in [2.45, 2.75) is 43.2 Å². The van der Waals surface area contributed by atoms with Crippen molar-refractivity contribution in [3.05, 3.63) is 29.3 Å². The molecule has 2 atom stereocenters. The van der Waals surface area contributed by atoms with E-state index in [1.165, 1.54) is 24.3 Å². The maximum absolute atomic E-state index is 13.1. The average Bonchev–Trinajstić information content (AvgIpc) is 2.76. The lowest BCUT2D eigenvalue weighted by Gasteiger charge is -2.31. The van der Waals surface area contributed by atoms with Crippen molar-refractivity contribution < 1.29 is 23.1 Å². The van der Waals surface area contributed by atoms with Crippen molar-refractivity contribution in [2.24, 2.45) is 0 Å². The number of hydrogen-bond donors (Lipinski definition) is 3. The Labute approximate surface area is 157 Å². The van der Waals surface area contributed by atoms with E-state index in [1.807, 2.05) is 0 Å². The van der Waals surface area contributed by atoms with Crippen molar-refractivity contribution in [2.75, 3.05) is 13.1 Å². The maximum atomic E-state index is 13.1. The summed E-state index contributed by atoms with van der Waals surface area (Å²) in [6.07, 6.45) is 0.571. The van der Waals surface area contributed by atoms with Gasteiger partial charge in [0.2, 0.25) is 15.9 Å². The summed E-state index contributed by atoms with van der Waals surface area (Å²) in [5.41, 5.74) is 0. The molecule has 144 valence electrons. The standard InChI is InChI=1S/C16H22ClN3O5S/c1-11(19-16(22)23)10-20(14-4-2-3-9-18-15(14)21)26(24,25)13-7-5-12(17)6-8-13/h5-8,11,14,19H,2-4,9-10H2,1H3,(H,18,21)(H,22,23). The smallest absolute Gasteiger partial charge is 0.404 e. The molecule has 26 heavy (non-hydrogen) atoms. The number of nitrogens with zero attached hydrogens (tertiary/aromatic N) is 1. The van der Waals surface area contributed by atoms with Crippen LogP contribution in [0.4, 0.5) is 4.79 Å². The minimum atomic E-state index is -4.02. The summed E-state index contributed by atoms with van der Waals surface area (Å²) in [5.74, 6) is -0.373. The van der Waals surface area contributed by atoms with Gasteiger partial charge in [0.1, 0.15) is 6.04 Å². The van der Waals surface area contributed by atoms with Gasteiger partial charge in [-0.3, -0.25) is 4.79 Å². The summed E-state index contributed by atoms with van der Waals surface area (Å²) >= 11 is 5.83. The molecule has 3 N–H and O–H groups in total. The van der Waals surface area contributed by atoms with Crippen LogP contribution in [0.1, 0.15) is 26.2 Å². The van der Waals surface area contributed by atoms with Gasteiger partial charge in [0.05, 0.1) is 4.90 Å². The molecule has 0 aliphatic carbocycles. The normalized spacial score (nSPS) is 19.5. The second kappa shape index (κ2) is 8.70. The Morgan fingerprint density at radius 3 is 2.65 bits per heavy atom. The maximum Gasteiger partial charge on any atom is 0.404 e. The number of nitrogens with one attached hydrogen (secondary N) is 2. The lowest BCUT2D eigenvalue weighted by atomic mass is 10.1. The van der Waals surface area contributed by atoms with Gasteiger partial charge in [-0.25, -0.2) is 13.2 Å². The van der Waals surface area contributed by atoms with Crippen LogP contribution < -0.4 is 10.6 Å². The zero-order valence-corrected chi connectivity index (χ0v) is 15.9. The van der Waals surface area contributed by atoms with E-state index >= 15 is 0 Å². The zero-order chi connectivity index (χ0) is 19.3. The highest BCUT2D eigenvalue weighted by Crippen LogP contribution is 2.24. The molecule has 0 bridgehead atoms. The molecular formula is C16H22ClN3O5S. The first-order valence-corrected chi connectivity index (χ1v) is 10.1. The van der Waals surface area contributed by atoms with Crippen LogP contribution in [0.5, 0.6) is 0 Å². The molecule has 1 heterocycles. The van der Waals surface area contributed by atoms with Gasteiger partial charge in [0, 0.05) is 24.2 Å².